The van der Waals surface area contributed by atoms with E-state index in [1.54, 1.807) is 18.6 Å². The first-order valence-corrected chi connectivity index (χ1v) is 19.2. The summed E-state index contributed by atoms with van der Waals surface area (Å²) in [4.78, 5) is 13.1. The first-order valence-electron chi connectivity index (χ1n) is 14.5. The van der Waals surface area contributed by atoms with Gasteiger partial charge in [-0.3, -0.25) is 14.0 Å². The van der Waals surface area contributed by atoms with Gasteiger partial charge in [-0.25, -0.2) is 15.0 Å². The van der Waals surface area contributed by atoms with Gasteiger partial charge in [0.15, 0.2) is 0 Å². The van der Waals surface area contributed by atoms with Crippen molar-refractivity contribution in [2.75, 3.05) is 0 Å². The standard InChI is InChI=1S/3C10H11Br2N3/c3*1-3-6(2)15-10-7(11)4-9(12)14-8(10)5-13-15/h3*4-6H,3H2,1-2H3/t2*6-;/m10./s1. The van der Waals surface area contributed by atoms with Crippen LogP contribution in [0.1, 0.15) is 78.9 Å². The lowest BCUT2D eigenvalue weighted by atomic mass is 10.2. The average Bonchev–Trinajstić information content (AvgIpc) is 3.73. The lowest BCUT2D eigenvalue weighted by Crippen LogP contribution is -2.05. The predicted molar refractivity (Wildman–Crippen MR) is 204 cm³/mol. The summed E-state index contributed by atoms with van der Waals surface area (Å²) in [6, 6.07) is 7.01. The second-order valence-corrected chi connectivity index (χ2v) is 15.5. The molecule has 0 aliphatic carbocycles. The molecule has 0 amide bonds. The van der Waals surface area contributed by atoms with Crippen LogP contribution in [0.25, 0.3) is 33.1 Å². The van der Waals surface area contributed by atoms with Crippen molar-refractivity contribution in [1.29, 1.82) is 0 Å². The Morgan fingerprint density at radius 2 is 0.733 bits per heavy atom. The number of halogens is 6. The molecule has 0 bridgehead atoms. The highest BCUT2D eigenvalue weighted by atomic mass is 79.9. The van der Waals surface area contributed by atoms with Gasteiger partial charge in [0.2, 0.25) is 0 Å². The van der Waals surface area contributed by atoms with Gasteiger partial charge in [0.1, 0.15) is 46.9 Å². The molecule has 6 heterocycles. The molecule has 240 valence electrons. The second kappa shape index (κ2) is 16.2. The molecule has 6 rings (SSSR count). The number of hydrogen-bond donors (Lipinski definition) is 0. The highest BCUT2D eigenvalue weighted by molar-refractivity contribution is 9.11. The minimum atomic E-state index is 0.391. The van der Waals surface area contributed by atoms with Crippen molar-refractivity contribution in [3.63, 3.8) is 0 Å². The van der Waals surface area contributed by atoms with Gasteiger partial charge in [0, 0.05) is 31.5 Å². The van der Waals surface area contributed by atoms with Gasteiger partial charge < -0.3 is 0 Å². The van der Waals surface area contributed by atoms with Gasteiger partial charge in [0.05, 0.1) is 18.6 Å². The molecule has 0 N–H and O–H groups in total. The zero-order chi connectivity index (χ0) is 33.0. The van der Waals surface area contributed by atoms with Crippen LogP contribution in [0, 0.1) is 0 Å². The fourth-order valence-corrected chi connectivity index (χ4v) is 8.47. The Labute approximate surface area is 313 Å². The molecule has 0 saturated carbocycles. The molecule has 0 aliphatic heterocycles. The molecule has 0 fully saturated rings. The van der Waals surface area contributed by atoms with Crippen LogP contribution < -0.4 is 0 Å². The van der Waals surface area contributed by atoms with Gasteiger partial charge in [-0.1, -0.05) is 20.8 Å². The van der Waals surface area contributed by atoms with Crippen LogP contribution in [0.15, 0.2) is 64.0 Å². The number of aromatic nitrogens is 9. The molecular weight excluding hydrogens is 966 g/mol. The molecule has 0 spiro atoms. The highest BCUT2D eigenvalue weighted by Crippen LogP contribution is 2.30. The largest absolute Gasteiger partial charge is 0.259 e. The van der Waals surface area contributed by atoms with Crippen LogP contribution in [0.2, 0.25) is 0 Å². The molecule has 6 aromatic heterocycles. The van der Waals surface area contributed by atoms with E-state index in [0.717, 1.165) is 79.6 Å². The molecule has 0 saturated heterocycles. The molecule has 0 aliphatic rings. The summed E-state index contributed by atoms with van der Waals surface area (Å²) in [5.41, 5.74) is 5.93. The lowest BCUT2D eigenvalue weighted by Gasteiger charge is -2.11. The van der Waals surface area contributed by atoms with Crippen LogP contribution >= 0.6 is 95.6 Å². The third-order valence-electron chi connectivity index (χ3n) is 7.45. The van der Waals surface area contributed by atoms with Crippen LogP contribution in [-0.4, -0.2) is 44.3 Å². The highest BCUT2D eigenvalue weighted by Gasteiger charge is 2.15. The number of rotatable bonds is 6. The molecule has 15 heteroatoms. The molecule has 3 atom stereocenters. The second-order valence-electron chi connectivity index (χ2n) is 10.5. The molecular formula is C30H33Br6N9. The van der Waals surface area contributed by atoms with E-state index in [1.807, 2.05) is 32.2 Å². The first-order chi connectivity index (χ1) is 21.4. The third-order valence-corrected chi connectivity index (χ3v) is 10.5. The molecule has 0 aromatic carbocycles. The van der Waals surface area contributed by atoms with Crippen molar-refractivity contribution in [1.82, 2.24) is 44.3 Å². The molecule has 45 heavy (non-hydrogen) atoms. The van der Waals surface area contributed by atoms with Crippen molar-refractivity contribution >= 4 is 129 Å². The SMILES string of the molecule is CCC(C)n1ncc2nc(Br)cc(Br)c21.CC[C@@H](C)n1ncc2nc(Br)cc(Br)c21.CC[C@H](C)n1ncc2nc(Br)cc(Br)c21. The van der Waals surface area contributed by atoms with Crippen molar-refractivity contribution in [3.8, 4) is 0 Å². The Balaban J connectivity index is 0.000000154. The van der Waals surface area contributed by atoms with Crippen molar-refractivity contribution in [2.24, 2.45) is 0 Å². The van der Waals surface area contributed by atoms with Crippen LogP contribution in [0.4, 0.5) is 0 Å². The number of fused-ring (bicyclic) bond motifs is 3. The van der Waals surface area contributed by atoms with Crippen LogP contribution in [-0.2, 0) is 0 Å². The van der Waals surface area contributed by atoms with Gasteiger partial charge in [-0.05, 0) is 154 Å². The number of nitrogens with zero attached hydrogens (tertiary/aromatic N) is 9. The molecule has 6 aromatic rings. The van der Waals surface area contributed by atoms with E-state index in [9.17, 15) is 0 Å². The van der Waals surface area contributed by atoms with E-state index < -0.39 is 0 Å². The van der Waals surface area contributed by atoms with E-state index >= 15 is 0 Å². The fourth-order valence-electron chi connectivity index (χ4n) is 4.48. The zero-order valence-corrected chi connectivity index (χ0v) is 35.1. The zero-order valence-electron chi connectivity index (χ0n) is 25.6. The summed E-state index contributed by atoms with van der Waals surface area (Å²) in [5.74, 6) is 0. The van der Waals surface area contributed by atoms with E-state index in [1.165, 1.54) is 0 Å². The van der Waals surface area contributed by atoms with E-state index in [2.05, 4.69) is 167 Å². The van der Waals surface area contributed by atoms with Gasteiger partial charge in [-0.15, -0.1) is 0 Å². The summed E-state index contributed by atoms with van der Waals surface area (Å²) >= 11 is 20.7. The Morgan fingerprint density at radius 3 is 0.956 bits per heavy atom. The van der Waals surface area contributed by atoms with Crippen LogP contribution in [0.3, 0.4) is 0 Å². The average molecular weight is 999 g/mol. The van der Waals surface area contributed by atoms with Crippen molar-refractivity contribution in [3.05, 3.63) is 64.0 Å². The topological polar surface area (TPSA) is 92.1 Å². The van der Waals surface area contributed by atoms with Gasteiger partial charge >= 0.3 is 0 Å². The monoisotopic (exact) mass is 993 g/mol. The lowest BCUT2D eigenvalue weighted by molar-refractivity contribution is 0.492. The minimum Gasteiger partial charge on any atom is -0.259 e. The molecule has 1 unspecified atom stereocenters. The van der Waals surface area contributed by atoms with Crippen molar-refractivity contribution in [2.45, 2.75) is 78.9 Å². The summed E-state index contributed by atoms with van der Waals surface area (Å²) in [6.45, 7) is 12.9. The van der Waals surface area contributed by atoms with E-state index in [0.29, 0.717) is 18.1 Å². The third kappa shape index (κ3) is 8.43. The molecule has 0 radical (unpaired) electrons. The Kier molecular flexibility index (Phi) is 13.2. The Hall–Kier alpha value is -1.26. The predicted octanol–water partition coefficient (Wildman–Crippen LogP) is 11.8. The number of hydrogen-bond acceptors (Lipinski definition) is 6. The van der Waals surface area contributed by atoms with Crippen LogP contribution in [0.5, 0.6) is 0 Å². The van der Waals surface area contributed by atoms with E-state index in [-0.39, 0.29) is 0 Å². The van der Waals surface area contributed by atoms with Crippen molar-refractivity contribution < 1.29 is 0 Å². The summed E-state index contributed by atoms with van der Waals surface area (Å²) in [5, 5.41) is 13.1. The van der Waals surface area contributed by atoms with E-state index in [4.69, 9.17) is 0 Å². The fraction of sp³-hybridized carbons (Fsp3) is 0.400. The maximum Gasteiger partial charge on any atom is 0.111 e. The summed E-state index contributed by atoms with van der Waals surface area (Å²) in [7, 11) is 0. The maximum atomic E-state index is 4.38. The normalized spacial score (nSPS) is 13.3. The van der Waals surface area contributed by atoms with Gasteiger partial charge in [0.25, 0.3) is 0 Å². The summed E-state index contributed by atoms with van der Waals surface area (Å²) < 4.78 is 11.6. The minimum absolute atomic E-state index is 0.391. The smallest absolute Gasteiger partial charge is 0.111 e. The Morgan fingerprint density at radius 1 is 0.489 bits per heavy atom. The quantitative estimate of drug-likeness (QED) is 0.154. The maximum absolute atomic E-state index is 4.38. The summed E-state index contributed by atoms with van der Waals surface area (Å²) in [6.07, 6.45) is 8.57. The first kappa shape index (κ1) is 36.6. The number of pyridine rings is 3. The Bertz CT molecular complexity index is 1700. The molecule has 9 nitrogen and oxygen atoms in total. The van der Waals surface area contributed by atoms with Gasteiger partial charge in [-0.2, -0.15) is 15.3 Å².